The van der Waals surface area contributed by atoms with E-state index < -0.39 is 0 Å². The summed E-state index contributed by atoms with van der Waals surface area (Å²) in [5.41, 5.74) is 2.00. The number of nitrogens with one attached hydrogen (secondary N) is 1. The van der Waals surface area contributed by atoms with Crippen LogP contribution in [-0.2, 0) is 17.9 Å². The third-order valence-corrected chi connectivity index (χ3v) is 1.86. The zero-order valence-electron chi connectivity index (χ0n) is 8.39. The summed E-state index contributed by atoms with van der Waals surface area (Å²) in [6.45, 7) is 5.90. The van der Waals surface area contributed by atoms with Crippen LogP contribution in [0.25, 0.3) is 0 Å². The summed E-state index contributed by atoms with van der Waals surface area (Å²) in [6, 6.07) is 0. The van der Waals surface area contributed by atoms with Gasteiger partial charge in [0.1, 0.15) is 11.5 Å². The molecule has 0 saturated heterocycles. The van der Waals surface area contributed by atoms with Crippen LogP contribution in [0.3, 0.4) is 0 Å². The van der Waals surface area contributed by atoms with Gasteiger partial charge in [-0.05, 0) is 20.9 Å². The Labute approximate surface area is 78.2 Å². The Morgan fingerprint density at radius 2 is 2.31 bits per heavy atom. The molecule has 0 aromatic carbocycles. The van der Waals surface area contributed by atoms with E-state index in [0.717, 1.165) is 23.6 Å². The first-order chi connectivity index (χ1) is 6.29. The van der Waals surface area contributed by atoms with Gasteiger partial charge in [-0.15, -0.1) is 0 Å². The van der Waals surface area contributed by atoms with E-state index in [9.17, 15) is 0 Å². The van der Waals surface area contributed by atoms with E-state index in [1.165, 1.54) is 0 Å². The van der Waals surface area contributed by atoms with Crippen molar-refractivity contribution in [3.63, 3.8) is 0 Å². The lowest BCUT2D eigenvalue weighted by molar-refractivity contribution is 0.132. The summed E-state index contributed by atoms with van der Waals surface area (Å²) in [6.07, 6.45) is 0. The summed E-state index contributed by atoms with van der Waals surface area (Å²) < 4.78 is 10.4. The second-order valence-corrected chi connectivity index (χ2v) is 2.83. The summed E-state index contributed by atoms with van der Waals surface area (Å²) in [4.78, 5) is 0. The van der Waals surface area contributed by atoms with Crippen LogP contribution in [0, 0.1) is 6.92 Å². The van der Waals surface area contributed by atoms with Crippen LogP contribution in [-0.4, -0.2) is 18.8 Å². The van der Waals surface area contributed by atoms with Crippen molar-refractivity contribution < 1.29 is 9.26 Å². The second kappa shape index (κ2) is 4.99. The molecule has 0 spiro atoms. The second-order valence-electron chi connectivity index (χ2n) is 2.83. The molecule has 1 N–H and O–H groups in total. The highest BCUT2D eigenvalue weighted by atomic mass is 16.5. The Bertz CT molecular complexity index is 258. The van der Waals surface area contributed by atoms with Crippen LogP contribution in [0.2, 0.25) is 0 Å². The maximum atomic E-state index is 5.32. The molecule has 1 heterocycles. The molecule has 0 atom stereocenters. The Kier molecular flexibility index (Phi) is 3.92. The SMILES string of the molecule is CCOCc1c(CNC)noc1C. The summed E-state index contributed by atoms with van der Waals surface area (Å²) in [7, 11) is 1.88. The average molecular weight is 184 g/mol. The minimum absolute atomic E-state index is 0.586. The normalized spacial score (nSPS) is 10.7. The molecule has 0 aliphatic carbocycles. The minimum atomic E-state index is 0.586. The van der Waals surface area contributed by atoms with E-state index in [1.807, 2.05) is 20.9 Å². The standard InChI is InChI=1S/C9H16N2O2/c1-4-12-6-8-7(2)13-11-9(8)5-10-3/h10H,4-6H2,1-3H3. The lowest BCUT2D eigenvalue weighted by atomic mass is 10.2. The summed E-state index contributed by atoms with van der Waals surface area (Å²) in [5.74, 6) is 0.846. The third kappa shape index (κ3) is 2.54. The number of hydrogen-bond donors (Lipinski definition) is 1. The van der Waals surface area contributed by atoms with Crippen molar-refractivity contribution in [2.45, 2.75) is 27.0 Å². The molecule has 13 heavy (non-hydrogen) atoms. The van der Waals surface area contributed by atoms with E-state index >= 15 is 0 Å². The van der Waals surface area contributed by atoms with Crippen LogP contribution in [0.4, 0.5) is 0 Å². The van der Waals surface area contributed by atoms with Crippen molar-refractivity contribution in [1.82, 2.24) is 10.5 Å². The van der Waals surface area contributed by atoms with Crippen LogP contribution in [0.5, 0.6) is 0 Å². The molecule has 74 valence electrons. The quantitative estimate of drug-likeness (QED) is 0.748. The van der Waals surface area contributed by atoms with E-state index in [0.29, 0.717) is 13.2 Å². The largest absolute Gasteiger partial charge is 0.377 e. The highest BCUT2D eigenvalue weighted by molar-refractivity contribution is 5.20. The van der Waals surface area contributed by atoms with Gasteiger partial charge in [-0.2, -0.15) is 0 Å². The van der Waals surface area contributed by atoms with Crippen molar-refractivity contribution >= 4 is 0 Å². The first-order valence-electron chi connectivity index (χ1n) is 4.46. The summed E-state index contributed by atoms with van der Waals surface area (Å²) >= 11 is 0. The molecule has 1 aromatic rings. The van der Waals surface area contributed by atoms with Crippen molar-refractivity contribution in [3.05, 3.63) is 17.0 Å². The molecule has 0 bridgehead atoms. The Hall–Kier alpha value is -0.870. The topological polar surface area (TPSA) is 47.3 Å². The van der Waals surface area contributed by atoms with Crippen LogP contribution >= 0.6 is 0 Å². The van der Waals surface area contributed by atoms with E-state index in [-0.39, 0.29) is 0 Å². The molecule has 4 nitrogen and oxygen atoms in total. The zero-order chi connectivity index (χ0) is 9.68. The van der Waals surface area contributed by atoms with Gasteiger partial charge in [0.15, 0.2) is 0 Å². The highest BCUT2D eigenvalue weighted by Crippen LogP contribution is 2.14. The van der Waals surface area contributed by atoms with Gasteiger partial charge in [-0.3, -0.25) is 0 Å². The third-order valence-electron chi connectivity index (χ3n) is 1.86. The minimum Gasteiger partial charge on any atom is -0.377 e. The number of nitrogens with zero attached hydrogens (tertiary/aromatic N) is 1. The van der Waals surface area contributed by atoms with Gasteiger partial charge < -0.3 is 14.6 Å². The monoisotopic (exact) mass is 184 g/mol. The lowest BCUT2D eigenvalue weighted by Gasteiger charge is -2.01. The maximum absolute atomic E-state index is 5.32. The zero-order valence-corrected chi connectivity index (χ0v) is 8.39. The summed E-state index contributed by atoms with van der Waals surface area (Å²) in [5, 5.41) is 6.98. The molecule has 0 aliphatic heterocycles. The highest BCUT2D eigenvalue weighted by Gasteiger charge is 2.11. The Balaban J connectivity index is 2.69. The van der Waals surface area contributed by atoms with Gasteiger partial charge in [0, 0.05) is 18.7 Å². The van der Waals surface area contributed by atoms with Gasteiger partial charge in [0.25, 0.3) is 0 Å². The number of hydrogen-bond acceptors (Lipinski definition) is 4. The fourth-order valence-electron chi connectivity index (χ4n) is 1.13. The van der Waals surface area contributed by atoms with E-state index in [4.69, 9.17) is 9.26 Å². The molecule has 0 aliphatic rings. The molecule has 0 saturated carbocycles. The number of rotatable bonds is 5. The van der Waals surface area contributed by atoms with Crippen molar-refractivity contribution in [3.8, 4) is 0 Å². The predicted molar refractivity (Wildman–Crippen MR) is 49.3 cm³/mol. The van der Waals surface area contributed by atoms with Crippen molar-refractivity contribution in [2.24, 2.45) is 0 Å². The number of aryl methyl sites for hydroxylation is 1. The molecule has 0 radical (unpaired) electrons. The molecule has 4 heteroatoms. The van der Waals surface area contributed by atoms with E-state index in [2.05, 4.69) is 10.5 Å². The first-order valence-corrected chi connectivity index (χ1v) is 4.46. The lowest BCUT2D eigenvalue weighted by Crippen LogP contribution is -2.08. The maximum Gasteiger partial charge on any atom is 0.139 e. The van der Waals surface area contributed by atoms with Gasteiger partial charge in [-0.25, -0.2) is 0 Å². The Morgan fingerprint density at radius 1 is 1.54 bits per heavy atom. The average Bonchev–Trinajstić information content (AvgIpc) is 2.45. The molecular weight excluding hydrogens is 168 g/mol. The van der Waals surface area contributed by atoms with E-state index in [1.54, 1.807) is 0 Å². The fraction of sp³-hybridized carbons (Fsp3) is 0.667. The molecule has 0 amide bonds. The Morgan fingerprint density at radius 3 is 2.92 bits per heavy atom. The van der Waals surface area contributed by atoms with Gasteiger partial charge >= 0.3 is 0 Å². The van der Waals surface area contributed by atoms with Crippen LogP contribution < -0.4 is 5.32 Å². The van der Waals surface area contributed by atoms with Gasteiger partial charge in [0.2, 0.25) is 0 Å². The predicted octanol–water partition coefficient (Wildman–Crippen LogP) is 1.24. The molecular formula is C9H16N2O2. The molecule has 0 unspecified atom stereocenters. The van der Waals surface area contributed by atoms with Gasteiger partial charge in [0.05, 0.1) is 6.61 Å². The number of ether oxygens (including phenoxy) is 1. The smallest absolute Gasteiger partial charge is 0.139 e. The van der Waals surface area contributed by atoms with Gasteiger partial charge in [-0.1, -0.05) is 5.16 Å². The van der Waals surface area contributed by atoms with Crippen LogP contribution in [0.15, 0.2) is 4.52 Å². The number of aromatic nitrogens is 1. The fourth-order valence-corrected chi connectivity index (χ4v) is 1.13. The molecule has 1 aromatic heterocycles. The van der Waals surface area contributed by atoms with Crippen LogP contribution in [0.1, 0.15) is 23.9 Å². The van der Waals surface area contributed by atoms with Crippen molar-refractivity contribution in [1.29, 1.82) is 0 Å². The first kappa shape index (κ1) is 10.2. The van der Waals surface area contributed by atoms with Crippen molar-refractivity contribution in [2.75, 3.05) is 13.7 Å². The molecule has 0 fully saturated rings. The molecule has 1 rings (SSSR count).